The first-order chi connectivity index (χ1) is 6.61. The van der Waals surface area contributed by atoms with Crippen molar-refractivity contribution in [2.24, 2.45) is 0 Å². The van der Waals surface area contributed by atoms with Crippen LogP contribution in [0.3, 0.4) is 0 Å². The molecule has 0 saturated carbocycles. The lowest BCUT2D eigenvalue weighted by atomic mass is 10.1. The van der Waals surface area contributed by atoms with Crippen LogP contribution in [-0.4, -0.2) is 18.8 Å². The third-order valence-corrected chi connectivity index (χ3v) is 2.76. The minimum absolute atomic E-state index is 0.0149. The second-order valence-corrected chi connectivity index (χ2v) is 3.85. The number of ether oxygens (including phenoxy) is 1. The largest absolute Gasteiger partial charge is 0.495 e. The fourth-order valence-electron chi connectivity index (χ4n) is 1.15. The molecule has 1 aromatic rings. The van der Waals surface area contributed by atoms with Crippen molar-refractivity contribution in [2.45, 2.75) is 6.42 Å². The van der Waals surface area contributed by atoms with E-state index in [0.29, 0.717) is 17.7 Å². The van der Waals surface area contributed by atoms with E-state index < -0.39 is 5.82 Å². The molecule has 0 aliphatic rings. The Hall–Kier alpha value is -0.320. The lowest BCUT2D eigenvalue weighted by Gasteiger charge is -2.11. The van der Waals surface area contributed by atoms with E-state index in [1.54, 1.807) is 0 Å². The van der Waals surface area contributed by atoms with Gasteiger partial charge in [0.2, 0.25) is 0 Å². The van der Waals surface area contributed by atoms with Gasteiger partial charge < -0.3 is 9.84 Å². The van der Waals surface area contributed by atoms with Crippen LogP contribution in [0.4, 0.5) is 4.39 Å². The number of aliphatic hydroxyl groups excluding tert-OH is 1. The van der Waals surface area contributed by atoms with Crippen molar-refractivity contribution in [1.82, 2.24) is 0 Å². The minimum atomic E-state index is -0.551. The first-order valence-electron chi connectivity index (χ1n) is 3.93. The van der Waals surface area contributed by atoms with Gasteiger partial charge in [0.25, 0.3) is 0 Å². The van der Waals surface area contributed by atoms with Gasteiger partial charge in [0.15, 0.2) is 5.82 Å². The molecule has 1 N–H and O–H groups in total. The zero-order valence-corrected chi connectivity index (χ0v) is 9.82. The maximum Gasteiger partial charge on any atom is 0.159 e. The average Bonchev–Trinajstić information content (AvgIpc) is 2.16. The summed E-state index contributed by atoms with van der Waals surface area (Å²) < 4.78 is 18.5. The van der Waals surface area contributed by atoms with E-state index >= 15 is 0 Å². The van der Waals surface area contributed by atoms with E-state index in [1.807, 2.05) is 0 Å². The number of aliphatic hydroxyl groups is 1. The molecule has 2 nitrogen and oxygen atoms in total. The number of benzene rings is 1. The molecule has 5 heteroatoms. The Balaban J connectivity index is 3.28. The maximum absolute atomic E-state index is 13.3. The number of methoxy groups -OCH3 is 1. The third-order valence-electron chi connectivity index (χ3n) is 1.78. The summed E-state index contributed by atoms with van der Waals surface area (Å²) in [7, 11) is 1.44. The van der Waals surface area contributed by atoms with E-state index in [9.17, 15) is 4.39 Å². The molecule has 0 heterocycles. The van der Waals surface area contributed by atoms with Crippen molar-refractivity contribution in [1.29, 1.82) is 0 Å². The van der Waals surface area contributed by atoms with Crippen molar-refractivity contribution in [3.8, 4) is 5.75 Å². The van der Waals surface area contributed by atoms with Crippen LogP contribution in [-0.2, 0) is 6.42 Å². The number of rotatable bonds is 3. The standard InChI is InChI=1S/C9H9BrClFO2/c1-14-9-5(2-3-13)4-6(11)8(12)7(9)10/h4,13H,2-3H2,1H3. The fourth-order valence-corrected chi connectivity index (χ4v) is 2.12. The van der Waals surface area contributed by atoms with Gasteiger partial charge in [0.1, 0.15) is 5.75 Å². The second kappa shape index (κ2) is 4.96. The van der Waals surface area contributed by atoms with Gasteiger partial charge in [-0.2, -0.15) is 0 Å². The van der Waals surface area contributed by atoms with E-state index in [4.69, 9.17) is 21.4 Å². The lowest BCUT2D eigenvalue weighted by molar-refractivity contribution is 0.296. The highest BCUT2D eigenvalue weighted by Crippen LogP contribution is 2.35. The van der Waals surface area contributed by atoms with Gasteiger partial charge in [-0.05, 0) is 34.0 Å². The molecule has 1 rings (SSSR count). The minimum Gasteiger partial charge on any atom is -0.495 e. The molecule has 0 aliphatic heterocycles. The third kappa shape index (κ3) is 2.19. The summed E-state index contributed by atoms with van der Waals surface area (Å²) in [5.41, 5.74) is 0.674. The van der Waals surface area contributed by atoms with Crippen LogP contribution in [0, 0.1) is 5.82 Å². The Kier molecular flexibility index (Phi) is 4.16. The summed E-state index contributed by atoms with van der Waals surface area (Å²) in [5.74, 6) is -0.175. The Morgan fingerprint density at radius 3 is 2.79 bits per heavy atom. The number of hydrogen-bond acceptors (Lipinski definition) is 2. The van der Waals surface area contributed by atoms with Crippen LogP contribution in [0.5, 0.6) is 5.75 Å². The van der Waals surface area contributed by atoms with Crippen molar-refractivity contribution < 1.29 is 14.2 Å². The molecule has 1 aromatic carbocycles. The molecule has 0 saturated heterocycles. The summed E-state index contributed by atoms with van der Waals surface area (Å²) >= 11 is 8.69. The van der Waals surface area contributed by atoms with Gasteiger partial charge in [-0.1, -0.05) is 11.6 Å². The van der Waals surface area contributed by atoms with Crippen molar-refractivity contribution >= 4 is 27.5 Å². The van der Waals surface area contributed by atoms with Gasteiger partial charge in [0.05, 0.1) is 16.6 Å². The molecule has 78 valence electrons. The molecule has 0 bridgehead atoms. The van der Waals surface area contributed by atoms with Crippen LogP contribution in [0.1, 0.15) is 5.56 Å². The molecular formula is C9H9BrClFO2. The monoisotopic (exact) mass is 282 g/mol. The smallest absolute Gasteiger partial charge is 0.159 e. The summed E-state index contributed by atoms with van der Waals surface area (Å²) in [4.78, 5) is 0. The Morgan fingerprint density at radius 1 is 1.64 bits per heavy atom. The molecule has 0 spiro atoms. The fraction of sp³-hybridized carbons (Fsp3) is 0.333. The average molecular weight is 284 g/mol. The highest BCUT2D eigenvalue weighted by Gasteiger charge is 2.15. The van der Waals surface area contributed by atoms with Crippen LogP contribution in [0.15, 0.2) is 10.5 Å². The Morgan fingerprint density at radius 2 is 2.29 bits per heavy atom. The predicted molar refractivity (Wildman–Crippen MR) is 56.5 cm³/mol. The Bertz CT molecular complexity index is 344. The van der Waals surface area contributed by atoms with E-state index in [2.05, 4.69) is 15.9 Å². The van der Waals surface area contributed by atoms with Crippen molar-refractivity contribution in [2.75, 3.05) is 13.7 Å². The highest BCUT2D eigenvalue weighted by atomic mass is 79.9. The van der Waals surface area contributed by atoms with Crippen LogP contribution in [0.25, 0.3) is 0 Å². The van der Waals surface area contributed by atoms with Gasteiger partial charge >= 0.3 is 0 Å². The number of halogens is 3. The van der Waals surface area contributed by atoms with Crippen molar-refractivity contribution in [3.05, 3.63) is 26.9 Å². The van der Waals surface area contributed by atoms with Gasteiger partial charge in [-0.25, -0.2) is 4.39 Å². The van der Waals surface area contributed by atoms with Crippen LogP contribution >= 0.6 is 27.5 Å². The summed E-state index contributed by atoms with van der Waals surface area (Å²) in [6.45, 7) is -0.0369. The first kappa shape index (κ1) is 11.8. The first-order valence-corrected chi connectivity index (χ1v) is 5.10. The van der Waals surface area contributed by atoms with E-state index in [1.165, 1.54) is 13.2 Å². The van der Waals surface area contributed by atoms with Gasteiger partial charge in [-0.3, -0.25) is 0 Å². The molecule has 0 unspecified atom stereocenters. The van der Waals surface area contributed by atoms with Gasteiger partial charge in [0, 0.05) is 6.61 Å². The van der Waals surface area contributed by atoms with Gasteiger partial charge in [-0.15, -0.1) is 0 Å². The lowest BCUT2D eigenvalue weighted by Crippen LogP contribution is -1.98. The Labute approximate surface area is 94.8 Å². The summed E-state index contributed by atoms with van der Waals surface area (Å²) in [6.07, 6.45) is 0.377. The van der Waals surface area contributed by atoms with E-state index in [0.717, 1.165) is 0 Å². The second-order valence-electron chi connectivity index (χ2n) is 2.65. The van der Waals surface area contributed by atoms with Crippen molar-refractivity contribution in [3.63, 3.8) is 0 Å². The molecule has 0 aromatic heterocycles. The zero-order valence-electron chi connectivity index (χ0n) is 7.48. The molecule has 0 radical (unpaired) electrons. The molecule has 0 fully saturated rings. The van der Waals surface area contributed by atoms with Crippen LogP contribution < -0.4 is 4.74 Å². The molecule has 0 atom stereocenters. The molecular weight excluding hydrogens is 274 g/mol. The molecule has 0 amide bonds. The SMILES string of the molecule is COc1c(CCO)cc(Cl)c(F)c1Br. The summed E-state index contributed by atoms with van der Waals surface area (Å²) in [5, 5.41) is 8.80. The topological polar surface area (TPSA) is 29.5 Å². The predicted octanol–water partition coefficient (Wildman–Crippen LogP) is 2.79. The van der Waals surface area contributed by atoms with Crippen LogP contribution in [0.2, 0.25) is 5.02 Å². The molecule has 0 aliphatic carbocycles. The zero-order chi connectivity index (χ0) is 10.7. The summed E-state index contributed by atoms with van der Waals surface area (Å²) in [6, 6.07) is 1.46. The number of hydrogen-bond donors (Lipinski definition) is 1. The normalized spacial score (nSPS) is 10.4. The maximum atomic E-state index is 13.3. The quantitative estimate of drug-likeness (QED) is 0.865. The highest BCUT2D eigenvalue weighted by molar-refractivity contribution is 9.10. The molecule has 14 heavy (non-hydrogen) atoms. The van der Waals surface area contributed by atoms with E-state index in [-0.39, 0.29) is 16.1 Å².